The highest BCUT2D eigenvalue weighted by Gasteiger charge is 2.15. The Morgan fingerprint density at radius 2 is 2.00 bits per heavy atom. The predicted molar refractivity (Wildman–Crippen MR) is 69.1 cm³/mol. The monoisotopic (exact) mass is 277 g/mol. The molecule has 1 amide bonds. The van der Waals surface area contributed by atoms with Gasteiger partial charge in [0.05, 0.1) is 24.5 Å². The Hall–Kier alpha value is -2.63. The van der Waals surface area contributed by atoms with Crippen molar-refractivity contribution in [3.8, 4) is 0 Å². The maximum absolute atomic E-state index is 13.5. The predicted octanol–water partition coefficient (Wildman–Crippen LogP) is 2.77. The van der Waals surface area contributed by atoms with E-state index in [1.54, 1.807) is 6.92 Å². The molecule has 0 saturated carbocycles. The van der Waals surface area contributed by atoms with Crippen LogP contribution < -0.4 is 5.32 Å². The van der Waals surface area contributed by atoms with Gasteiger partial charge in [-0.15, -0.1) is 0 Å². The highest BCUT2D eigenvalue weighted by atomic mass is 19.1. The lowest BCUT2D eigenvalue weighted by Crippen LogP contribution is -2.13. The van der Waals surface area contributed by atoms with E-state index < -0.39 is 17.7 Å². The van der Waals surface area contributed by atoms with Gasteiger partial charge in [-0.3, -0.25) is 4.79 Å². The van der Waals surface area contributed by atoms with Crippen molar-refractivity contribution < 1.29 is 23.1 Å². The van der Waals surface area contributed by atoms with Crippen molar-refractivity contribution in [2.75, 3.05) is 12.4 Å². The van der Waals surface area contributed by atoms with E-state index in [1.165, 1.54) is 24.5 Å². The maximum Gasteiger partial charge on any atom is 0.340 e. The van der Waals surface area contributed by atoms with Gasteiger partial charge < -0.3 is 14.5 Å². The van der Waals surface area contributed by atoms with Gasteiger partial charge >= 0.3 is 5.97 Å². The van der Waals surface area contributed by atoms with E-state index in [0.29, 0.717) is 11.3 Å². The molecule has 104 valence electrons. The van der Waals surface area contributed by atoms with Gasteiger partial charge in [-0.2, -0.15) is 0 Å². The number of rotatable bonds is 3. The Labute approximate surface area is 114 Å². The van der Waals surface area contributed by atoms with E-state index in [9.17, 15) is 14.0 Å². The van der Waals surface area contributed by atoms with Gasteiger partial charge in [-0.05, 0) is 31.2 Å². The summed E-state index contributed by atoms with van der Waals surface area (Å²) >= 11 is 0. The minimum Gasteiger partial charge on any atom is -0.469 e. The lowest BCUT2D eigenvalue weighted by atomic mass is 10.1. The van der Waals surface area contributed by atoms with Crippen LogP contribution in [0.1, 0.15) is 26.5 Å². The number of aryl methyl sites for hydroxylation is 1. The SMILES string of the molecule is COC(=O)c1cc(NC(=O)c2ccoc2C)ccc1F. The van der Waals surface area contributed by atoms with Crippen molar-refractivity contribution in [1.82, 2.24) is 0 Å². The Kier molecular flexibility index (Phi) is 3.84. The van der Waals surface area contributed by atoms with Gasteiger partial charge in [0.25, 0.3) is 5.91 Å². The van der Waals surface area contributed by atoms with Crippen molar-refractivity contribution in [3.63, 3.8) is 0 Å². The average molecular weight is 277 g/mol. The topological polar surface area (TPSA) is 68.5 Å². The van der Waals surface area contributed by atoms with E-state index >= 15 is 0 Å². The summed E-state index contributed by atoms with van der Waals surface area (Å²) in [5.74, 6) is -1.45. The van der Waals surface area contributed by atoms with Crippen LogP contribution in [0.25, 0.3) is 0 Å². The van der Waals surface area contributed by atoms with Crippen LogP contribution in [0.2, 0.25) is 0 Å². The number of hydrogen-bond donors (Lipinski definition) is 1. The van der Waals surface area contributed by atoms with Crippen LogP contribution >= 0.6 is 0 Å². The third-order valence-electron chi connectivity index (χ3n) is 2.73. The average Bonchev–Trinajstić information content (AvgIpc) is 2.86. The molecule has 1 aromatic carbocycles. The van der Waals surface area contributed by atoms with Crippen LogP contribution in [0, 0.1) is 12.7 Å². The van der Waals surface area contributed by atoms with Gasteiger partial charge in [0.1, 0.15) is 11.6 Å². The van der Waals surface area contributed by atoms with E-state index in [0.717, 1.165) is 13.2 Å². The second kappa shape index (κ2) is 5.56. The van der Waals surface area contributed by atoms with Crippen LogP contribution in [0.4, 0.5) is 10.1 Å². The summed E-state index contributed by atoms with van der Waals surface area (Å²) in [6.07, 6.45) is 1.40. The van der Waals surface area contributed by atoms with Crippen LogP contribution in [0.15, 0.2) is 34.9 Å². The number of halogens is 1. The number of nitrogens with one attached hydrogen (secondary N) is 1. The largest absolute Gasteiger partial charge is 0.469 e. The third-order valence-corrected chi connectivity index (χ3v) is 2.73. The smallest absolute Gasteiger partial charge is 0.340 e. The van der Waals surface area contributed by atoms with E-state index in [1.807, 2.05) is 0 Å². The zero-order chi connectivity index (χ0) is 14.7. The summed E-state index contributed by atoms with van der Waals surface area (Å²) in [7, 11) is 1.15. The second-order valence-corrected chi connectivity index (χ2v) is 4.03. The Balaban J connectivity index is 2.24. The number of benzene rings is 1. The van der Waals surface area contributed by atoms with Crippen molar-refractivity contribution in [2.24, 2.45) is 0 Å². The Morgan fingerprint density at radius 3 is 2.60 bits per heavy atom. The molecule has 0 aliphatic carbocycles. The highest BCUT2D eigenvalue weighted by molar-refractivity contribution is 6.05. The van der Waals surface area contributed by atoms with Crippen LogP contribution in [-0.4, -0.2) is 19.0 Å². The molecule has 1 heterocycles. The number of furan rings is 1. The summed E-state index contributed by atoms with van der Waals surface area (Å²) in [5, 5.41) is 2.56. The fraction of sp³-hybridized carbons (Fsp3) is 0.143. The van der Waals surface area contributed by atoms with Gasteiger partial charge in [0.2, 0.25) is 0 Å². The first-order chi connectivity index (χ1) is 9.52. The van der Waals surface area contributed by atoms with Gasteiger partial charge in [-0.1, -0.05) is 0 Å². The molecule has 0 saturated heterocycles. The number of anilines is 1. The summed E-state index contributed by atoms with van der Waals surface area (Å²) in [4.78, 5) is 23.3. The molecule has 0 unspecified atom stereocenters. The minimum atomic E-state index is -0.807. The van der Waals surface area contributed by atoms with Crippen molar-refractivity contribution in [1.29, 1.82) is 0 Å². The minimum absolute atomic E-state index is 0.241. The third kappa shape index (κ3) is 2.69. The number of hydrogen-bond acceptors (Lipinski definition) is 4. The molecule has 0 radical (unpaired) electrons. The summed E-state index contributed by atoms with van der Waals surface area (Å²) in [5.41, 5.74) is 0.417. The Bertz CT molecular complexity index is 663. The van der Waals surface area contributed by atoms with Gasteiger partial charge in [-0.25, -0.2) is 9.18 Å². The van der Waals surface area contributed by atoms with Crippen molar-refractivity contribution >= 4 is 17.6 Å². The fourth-order valence-corrected chi connectivity index (χ4v) is 1.69. The molecule has 0 aliphatic rings. The zero-order valence-electron chi connectivity index (χ0n) is 10.9. The Morgan fingerprint density at radius 1 is 1.25 bits per heavy atom. The highest BCUT2D eigenvalue weighted by Crippen LogP contribution is 2.17. The molecule has 0 spiro atoms. The second-order valence-electron chi connectivity index (χ2n) is 4.03. The zero-order valence-corrected chi connectivity index (χ0v) is 10.9. The molecule has 20 heavy (non-hydrogen) atoms. The molecule has 0 fully saturated rings. The first-order valence-electron chi connectivity index (χ1n) is 5.76. The molecular weight excluding hydrogens is 265 g/mol. The lowest BCUT2D eigenvalue weighted by molar-refractivity contribution is 0.0595. The molecule has 1 aromatic heterocycles. The summed E-state index contributed by atoms with van der Waals surface area (Å²) in [6.45, 7) is 1.65. The molecule has 0 aliphatic heterocycles. The van der Waals surface area contributed by atoms with E-state index in [-0.39, 0.29) is 11.3 Å². The number of methoxy groups -OCH3 is 1. The quantitative estimate of drug-likeness (QED) is 0.876. The van der Waals surface area contributed by atoms with Gasteiger partial charge in [0.15, 0.2) is 0 Å². The lowest BCUT2D eigenvalue weighted by Gasteiger charge is -2.07. The number of ether oxygens (including phenoxy) is 1. The molecule has 2 rings (SSSR count). The van der Waals surface area contributed by atoms with E-state index in [2.05, 4.69) is 10.1 Å². The molecule has 2 aromatic rings. The first kappa shape index (κ1) is 13.8. The standard InChI is InChI=1S/C14H12FNO4/c1-8-10(5-6-20-8)13(17)16-9-3-4-12(15)11(7-9)14(18)19-2/h3-7H,1-2H3,(H,16,17). The molecule has 6 heteroatoms. The first-order valence-corrected chi connectivity index (χ1v) is 5.76. The molecule has 0 atom stereocenters. The fourth-order valence-electron chi connectivity index (χ4n) is 1.69. The van der Waals surface area contributed by atoms with Crippen molar-refractivity contribution in [2.45, 2.75) is 6.92 Å². The van der Waals surface area contributed by atoms with E-state index in [4.69, 9.17) is 4.42 Å². The molecule has 1 N–H and O–H groups in total. The summed E-state index contributed by atoms with van der Waals surface area (Å²) < 4.78 is 22.9. The normalized spacial score (nSPS) is 10.2. The molecular formula is C14H12FNO4. The summed E-state index contributed by atoms with van der Waals surface area (Å²) in [6, 6.07) is 5.18. The maximum atomic E-state index is 13.5. The molecule has 0 bridgehead atoms. The van der Waals surface area contributed by atoms with Crippen LogP contribution in [0.5, 0.6) is 0 Å². The van der Waals surface area contributed by atoms with Crippen LogP contribution in [0.3, 0.4) is 0 Å². The number of esters is 1. The van der Waals surface area contributed by atoms with Crippen LogP contribution in [-0.2, 0) is 4.74 Å². The van der Waals surface area contributed by atoms with Crippen molar-refractivity contribution in [3.05, 3.63) is 53.2 Å². The number of carbonyl (C=O) groups is 2. The number of amides is 1. The number of carbonyl (C=O) groups excluding carboxylic acids is 2. The molecule has 5 nitrogen and oxygen atoms in total. The van der Waals surface area contributed by atoms with Gasteiger partial charge in [0, 0.05) is 5.69 Å².